The van der Waals surface area contributed by atoms with Crippen molar-refractivity contribution >= 4 is 46.6 Å². The molecular formula is C13H14Cl2N4OS. The summed E-state index contributed by atoms with van der Waals surface area (Å²) in [5, 5.41) is 12.2. The van der Waals surface area contributed by atoms with Crippen LogP contribution in [0.5, 0.6) is 0 Å². The van der Waals surface area contributed by atoms with Crippen molar-refractivity contribution < 1.29 is 4.79 Å². The third-order valence-electron chi connectivity index (χ3n) is 2.63. The molecule has 8 heteroatoms. The Morgan fingerprint density at radius 3 is 2.86 bits per heavy atom. The maximum absolute atomic E-state index is 11.9. The number of rotatable bonds is 5. The Kier molecular flexibility index (Phi) is 5.50. The van der Waals surface area contributed by atoms with E-state index in [2.05, 4.69) is 15.5 Å². The van der Waals surface area contributed by atoms with Crippen molar-refractivity contribution in [2.45, 2.75) is 25.0 Å². The van der Waals surface area contributed by atoms with Crippen LogP contribution in [0.25, 0.3) is 0 Å². The molecule has 1 N–H and O–H groups in total. The number of carbonyl (C=O) groups excluding carboxylic acids is 1. The van der Waals surface area contributed by atoms with Crippen molar-refractivity contribution in [3.63, 3.8) is 0 Å². The number of anilines is 1. The van der Waals surface area contributed by atoms with Crippen LogP contribution in [0.1, 0.15) is 19.9 Å². The lowest BCUT2D eigenvalue weighted by molar-refractivity contribution is -0.113. The van der Waals surface area contributed by atoms with Gasteiger partial charge in [0.15, 0.2) is 5.16 Å². The van der Waals surface area contributed by atoms with Gasteiger partial charge in [-0.3, -0.25) is 4.79 Å². The first-order chi connectivity index (χ1) is 9.97. The van der Waals surface area contributed by atoms with E-state index in [1.165, 1.54) is 11.8 Å². The van der Waals surface area contributed by atoms with Crippen molar-refractivity contribution in [2.75, 3.05) is 11.1 Å². The van der Waals surface area contributed by atoms with E-state index in [4.69, 9.17) is 23.2 Å². The predicted octanol–water partition coefficient (Wildman–Crippen LogP) is 3.90. The third kappa shape index (κ3) is 4.36. The van der Waals surface area contributed by atoms with Crippen LogP contribution < -0.4 is 5.32 Å². The lowest BCUT2D eigenvalue weighted by Crippen LogP contribution is -2.15. The minimum absolute atomic E-state index is 0.164. The second-order valence-electron chi connectivity index (χ2n) is 4.58. The number of hydrogen-bond donors (Lipinski definition) is 1. The number of carbonyl (C=O) groups is 1. The number of halogens is 2. The minimum atomic E-state index is -0.164. The second-order valence-corrected chi connectivity index (χ2v) is 6.36. The quantitative estimate of drug-likeness (QED) is 0.835. The van der Waals surface area contributed by atoms with Crippen LogP contribution in [0, 0.1) is 0 Å². The van der Waals surface area contributed by atoms with Gasteiger partial charge in [-0.15, -0.1) is 10.2 Å². The maximum atomic E-state index is 11.9. The van der Waals surface area contributed by atoms with Gasteiger partial charge in [-0.25, -0.2) is 0 Å². The maximum Gasteiger partial charge on any atom is 0.234 e. The highest BCUT2D eigenvalue weighted by atomic mass is 35.5. The van der Waals surface area contributed by atoms with Gasteiger partial charge in [0.25, 0.3) is 0 Å². The Hall–Kier alpha value is -1.24. The molecule has 2 rings (SSSR count). The number of amides is 1. The zero-order valence-electron chi connectivity index (χ0n) is 11.5. The summed E-state index contributed by atoms with van der Waals surface area (Å²) in [5.41, 5.74) is 0.539. The van der Waals surface area contributed by atoms with Crippen molar-refractivity contribution in [2.24, 2.45) is 0 Å². The van der Waals surface area contributed by atoms with E-state index in [0.717, 1.165) is 0 Å². The molecule has 0 saturated carbocycles. The minimum Gasteiger partial charge on any atom is -0.324 e. The summed E-state index contributed by atoms with van der Waals surface area (Å²) in [6.07, 6.45) is 1.65. The number of aromatic nitrogens is 3. The standard InChI is InChI=1S/C13H14Cl2N4OS/c1-8(2)19-7-16-18-13(19)21-6-12(20)17-11-4-3-9(14)5-10(11)15/h3-5,7-8H,6H2,1-2H3,(H,17,20). The third-order valence-corrected chi connectivity index (χ3v) is 4.14. The first kappa shape index (κ1) is 16.1. The predicted molar refractivity (Wildman–Crippen MR) is 86.2 cm³/mol. The fourth-order valence-electron chi connectivity index (χ4n) is 1.60. The second kappa shape index (κ2) is 7.15. The average molecular weight is 345 g/mol. The van der Waals surface area contributed by atoms with Crippen molar-refractivity contribution in [3.8, 4) is 0 Å². The summed E-state index contributed by atoms with van der Waals surface area (Å²) in [6.45, 7) is 4.06. The molecule has 1 amide bonds. The fourth-order valence-corrected chi connectivity index (χ4v) is 2.90. The smallest absolute Gasteiger partial charge is 0.234 e. The lowest BCUT2D eigenvalue weighted by Gasteiger charge is -2.10. The summed E-state index contributed by atoms with van der Waals surface area (Å²) in [7, 11) is 0. The molecule has 112 valence electrons. The molecule has 0 aliphatic rings. The molecule has 0 aliphatic carbocycles. The molecule has 5 nitrogen and oxygen atoms in total. The Balaban J connectivity index is 1.94. The van der Waals surface area contributed by atoms with E-state index in [9.17, 15) is 4.79 Å². The van der Waals surface area contributed by atoms with Gasteiger partial charge in [0.1, 0.15) is 6.33 Å². The van der Waals surface area contributed by atoms with E-state index < -0.39 is 0 Å². The Labute approximate surface area is 137 Å². The van der Waals surface area contributed by atoms with Gasteiger partial charge in [0.05, 0.1) is 16.5 Å². The van der Waals surface area contributed by atoms with Gasteiger partial charge < -0.3 is 9.88 Å². The van der Waals surface area contributed by atoms with Crippen molar-refractivity contribution in [1.82, 2.24) is 14.8 Å². The van der Waals surface area contributed by atoms with Crippen LogP contribution in [-0.4, -0.2) is 26.4 Å². The van der Waals surface area contributed by atoms with E-state index in [0.29, 0.717) is 20.9 Å². The monoisotopic (exact) mass is 344 g/mol. The zero-order valence-corrected chi connectivity index (χ0v) is 13.8. The largest absolute Gasteiger partial charge is 0.324 e. The van der Waals surface area contributed by atoms with Gasteiger partial charge in [0.2, 0.25) is 5.91 Å². The molecule has 1 aromatic heterocycles. The molecule has 2 aromatic rings. The molecule has 0 bridgehead atoms. The summed E-state index contributed by atoms with van der Waals surface area (Å²) in [4.78, 5) is 11.9. The van der Waals surface area contributed by atoms with E-state index in [-0.39, 0.29) is 17.7 Å². The topological polar surface area (TPSA) is 59.8 Å². The number of benzene rings is 1. The Morgan fingerprint density at radius 2 is 2.19 bits per heavy atom. The van der Waals surface area contributed by atoms with Crippen LogP contribution in [0.2, 0.25) is 10.0 Å². The molecule has 1 heterocycles. The molecule has 0 fully saturated rings. The highest BCUT2D eigenvalue weighted by Gasteiger charge is 2.11. The van der Waals surface area contributed by atoms with Gasteiger partial charge in [0, 0.05) is 11.1 Å². The first-order valence-corrected chi connectivity index (χ1v) is 7.98. The normalized spacial score (nSPS) is 10.9. The molecule has 0 spiro atoms. The van der Waals surface area contributed by atoms with Crippen molar-refractivity contribution in [3.05, 3.63) is 34.6 Å². The van der Waals surface area contributed by atoms with E-state index >= 15 is 0 Å². The van der Waals surface area contributed by atoms with E-state index in [1.807, 2.05) is 18.4 Å². The van der Waals surface area contributed by atoms with Crippen molar-refractivity contribution in [1.29, 1.82) is 0 Å². The molecule has 0 atom stereocenters. The molecule has 0 radical (unpaired) electrons. The van der Waals surface area contributed by atoms with Crippen LogP contribution in [0.4, 0.5) is 5.69 Å². The molecular weight excluding hydrogens is 331 g/mol. The summed E-state index contributed by atoms with van der Waals surface area (Å²) >= 11 is 13.1. The molecule has 21 heavy (non-hydrogen) atoms. The fraction of sp³-hybridized carbons (Fsp3) is 0.308. The highest BCUT2D eigenvalue weighted by molar-refractivity contribution is 7.99. The van der Waals surface area contributed by atoms with Crippen LogP contribution in [-0.2, 0) is 4.79 Å². The highest BCUT2D eigenvalue weighted by Crippen LogP contribution is 2.26. The van der Waals surface area contributed by atoms with E-state index in [1.54, 1.807) is 24.5 Å². The van der Waals surface area contributed by atoms with Crippen LogP contribution >= 0.6 is 35.0 Å². The molecule has 0 saturated heterocycles. The summed E-state index contributed by atoms with van der Waals surface area (Å²) in [5.74, 6) is 0.0622. The zero-order chi connectivity index (χ0) is 15.4. The number of hydrogen-bond acceptors (Lipinski definition) is 4. The summed E-state index contributed by atoms with van der Waals surface area (Å²) < 4.78 is 1.91. The van der Waals surface area contributed by atoms with Crippen LogP contribution in [0.3, 0.4) is 0 Å². The SMILES string of the molecule is CC(C)n1cnnc1SCC(=O)Nc1ccc(Cl)cc1Cl. The lowest BCUT2D eigenvalue weighted by atomic mass is 10.3. The summed E-state index contributed by atoms with van der Waals surface area (Å²) in [6, 6.07) is 5.17. The Morgan fingerprint density at radius 1 is 1.43 bits per heavy atom. The van der Waals surface area contributed by atoms with Gasteiger partial charge in [-0.1, -0.05) is 35.0 Å². The number of thioether (sulfide) groups is 1. The Bertz CT molecular complexity index is 645. The van der Waals surface area contributed by atoms with Crippen LogP contribution in [0.15, 0.2) is 29.7 Å². The first-order valence-electron chi connectivity index (χ1n) is 6.24. The number of nitrogens with one attached hydrogen (secondary N) is 1. The molecule has 1 aromatic carbocycles. The molecule has 0 unspecified atom stereocenters. The molecule has 0 aliphatic heterocycles. The average Bonchev–Trinajstić information content (AvgIpc) is 2.88. The van der Waals surface area contributed by atoms with Gasteiger partial charge in [-0.05, 0) is 32.0 Å². The number of nitrogens with zero attached hydrogens (tertiary/aromatic N) is 3. The van der Waals surface area contributed by atoms with Gasteiger partial charge in [-0.2, -0.15) is 0 Å². The van der Waals surface area contributed by atoms with Gasteiger partial charge >= 0.3 is 0 Å².